The second-order valence-electron chi connectivity index (χ2n) is 5.19. The third-order valence-electron chi connectivity index (χ3n) is 3.74. The van der Waals surface area contributed by atoms with Crippen molar-refractivity contribution in [1.82, 2.24) is 10.3 Å². The third-order valence-corrected chi connectivity index (χ3v) is 3.74. The smallest absolute Gasteiger partial charge is 0.391 e. The van der Waals surface area contributed by atoms with Crippen LogP contribution in [-0.4, -0.2) is 24.3 Å². The molecule has 0 bridgehead atoms. The molecule has 1 fully saturated rings. The Morgan fingerprint density at radius 2 is 2.20 bits per heavy atom. The first-order valence-electron chi connectivity index (χ1n) is 6.78. The number of alkyl halides is 3. The van der Waals surface area contributed by atoms with Crippen molar-refractivity contribution in [1.29, 1.82) is 0 Å². The normalized spacial score (nSPS) is 23.6. The van der Waals surface area contributed by atoms with Crippen LogP contribution in [0.5, 0.6) is 5.88 Å². The zero-order chi connectivity index (χ0) is 14.6. The van der Waals surface area contributed by atoms with Crippen molar-refractivity contribution in [3.05, 3.63) is 23.9 Å². The fourth-order valence-corrected chi connectivity index (χ4v) is 2.61. The molecule has 20 heavy (non-hydrogen) atoms. The van der Waals surface area contributed by atoms with Gasteiger partial charge in [-0.1, -0.05) is 6.42 Å². The van der Waals surface area contributed by atoms with Gasteiger partial charge in [0.05, 0.1) is 13.0 Å². The Hall–Kier alpha value is -1.30. The van der Waals surface area contributed by atoms with Crippen LogP contribution in [0.15, 0.2) is 18.3 Å². The third kappa shape index (κ3) is 4.10. The van der Waals surface area contributed by atoms with Crippen molar-refractivity contribution in [2.24, 2.45) is 5.92 Å². The van der Waals surface area contributed by atoms with Gasteiger partial charge in [0.25, 0.3) is 0 Å². The number of hydrogen-bond donors (Lipinski definition) is 1. The molecule has 1 aromatic heterocycles. The lowest BCUT2D eigenvalue weighted by Gasteiger charge is -2.31. The highest BCUT2D eigenvalue weighted by atomic mass is 19.4. The van der Waals surface area contributed by atoms with Gasteiger partial charge in [-0.3, -0.25) is 0 Å². The minimum Gasteiger partial charge on any atom is -0.481 e. The first-order valence-corrected chi connectivity index (χ1v) is 6.78. The van der Waals surface area contributed by atoms with Crippen LogP contribution in [-0.2, 0) is 6.54 Å². The van der Waals surface area contributed by atoms with Gasteiger partial charge in [0, 0.05) is 24.8 Å². The number of aromatic nitrogens is 1. The fourth-order valence-electron chi connectivity index (χ4n) is 2.61. The number of halogens is 3. The first kappa shape index (κ1) is 15.1. The number of nitrogens with zero attached hydrogens (tertiary/aromatic N) is 1. The summed E-state index contributed by atoms with van der Waals surface area (Å²) in [6, 6.07) is 3.55. The molecule has 0 aromatic carbocycles. The van der Waals surface area contributed by atoms with E-state index in [0.29, 0.717) is 18.8 Å². The van der Waals surface area contributed by atoms with E-state index in [1.165, 1.54) is 7.11 Å². The summed E-state index contributed by atoms with van der Waals surface area (Å²) < 4.78 is 43.2. The Morgan fingerprint density at radius 1 is 1.40 bits per heavy atom. The van der Waals surface area contributed by atoms with Crippen LogP contribution < -0.4 is 10.1 Å². The standard InChI is InChI=1S/C14H19F3N2O/c1-20-13-7-10(5-6-18-13)9-19-12-4-2-3-11(8-12)14(15,16)17/h5-7,11-12,19H,2-4,8-9H2,1H3. The molecule has 112 valence electrons. The molecule has 1 saturated carbocycles. The van der Waals surface area contributed by atoms with E-state index in [1.54, 1.807) is 12.3 Å². The van der Waals surface area contributed by atoms with E-state index in [1.807, 2.05) is 6.07 Å². The SMILES string of the molecule is COc1cc(CNC2CCCC(C(F)(F)F)C2)ccn1. The first-order chi connectivity index (χ1) is 9.49. The van der Waals surface area contributed by atoms with Gasteiger partial charge in [-0.05, 0) is 30.9 Å². The van der Waals surface area contributed by atoms with E-state index in [-0.39, 0.29) is 18.9 Å². The summed E-state index contributed by atoms with van der Waals surface area (Å²) in [4.78, 5) is 4.00. The van der Waals surface area contributed by atoms with Crippen molar-refractivity contribution in [3.8, 4) is 5.88 Å². The molecule has 3 nitrogen and oxygen atoms in total. The molecule has 0 aliphatic heterocycles. The summed E-state index contributed by atoms with van der Waals surface area (Å²) in [5, 5.41) is 3.21. The Balaban J connectivity index is 1.87. The lowest BCUT2D eigenvalue weighted by molar-refractivity contribution is -0.183. The molecule has 1 aromatic rings. The van der Waals surface area contributed by atoms with Crippen LogP contribution >= 0.6 is 0 Å². The van der Waals surface area contributed by atoms with Crippen LogP contribution in [0.3, 0.4) is 0 Å². The fraction of sp³-hybridized carbons (Fsp3) is 0.643. The maximum atomic E-state index is 12.7. The van der Waals surface area contributed by atoms with Gasteiger partial charge in [-0.25, -0.2) is 4.98 Å². The molecule has 2 rings (SSSR count). The van der Waals surface area contributed by atoms with Gasteiger partial charge in [-0.2, -0.15) is 13.2 Å². The molecular formula is C14H19F3N2O. The molecule has 2 unspecified atom stereocenters. The average Bonchev–Trinajstić information content (AvgIpc) is 2.45. The zero-order valence-electron chi connectivity index (χ0n) is 11.4. The van der Waals surface area contributed by atoms with Crippen LogP contribution in [0.1, 0.15) is 31.2 Å². The van der Waals surface area contributed by atoms with Crippen molar-refractivity contribution in [3.63, 3.8) is 0 Å². The van der Waals surface area contributed by atoms with E-state index in [0.717, 1.165) is 12.0 Å². The van der Waals surface area contributed by atoms with Gasteiger partial charge >= 0.3 is 6.18 Å². The number of pyridine rings is 1. The highest BCUT2D eigenvalue weighted by molar-refractivity contribution is 5.20. The molecule has 0 radical (unpaired) electrons. The van der Waals surface area contributed by atoms with Gasteiger partial charge in [0.15, 0.2) is 0 Å². The molecular weight excluding hydrogens is 269 g/mol. The number of rotatable bonds is 4. The van der Waals surface area contributed by atoms with Gasteiger partial charge < -0.3 is 10.1 Å². The maximum absolute atomic E-state index is 12.7. The summed E-state index contributed by atoms with van der Waals surface area (Å²) in [7, 11) is 1.54. The van der Waals surface area contributed by atoms with Gasteiger partial charge in [0.1, 0.15) is 0 Å². The van der Waals surface area contributed by atoms with Crippen LogP contribution in [0.4, 0.5) is 13.2 Å². The van der Waals surface area contributed by atoms with Gasteiger partial charge in [-0.15, -0.1) is 0 Å². The van der Waals surface area contributed by atoms with Gasteiger partial charge in [0.2, 0.25) is 5.88 Å². The van der Waals surface area contributed by atoms with E-state index < -0.39 is 12.1 Å². The van der Waals surface area contributed by atoms with E-state index >= 15 is 0 Å². The molecule has 0 saturated heterocycles. The summed E-state index contributed by atoms with van der Waals surface area (Å²) in [5.74, 6) is -0.651. The molecule has 2 atom stereocenters. The minimum atomic E-state index is -4.07. The van der Waals surface area contributed by atoms with Crippen molar-refractivity contribution < 1.29 is 17.9 Å². The predicted octanol–water partition coefficient (Wildman–Crippen LogP) is 3.30. The predicted molar refractivity (Wildman–Crippen MR) is 69.4 cm³/mol. The maximum Gasteiger partial charge on any atom is 0.391 e. The number of hydrogen-bond acceptors (Lipinski definition) is 3. The summed E-state index contributed by atoms with van der Waals surface area (Å²) in [5.41, 5.74) is 0.964. The largest absolute Gasteiger partial charge is 0.481 e. The lowest BCUT2D eigenvalue weighted by Crippen LogP contribution is -2.38. The number of nitrogens with one attached hydrogen (secondary N) is 1. The second-order valence-corrected chi connectivity index (χ2v) is 5.19. The zero-order valence-corrected chi connectivity index (χ0v) is 11.4. The second kappa shape index (κ2) is 6.43. The highest BCUT2D eigenvalue weighted by Gasteiger charge is 2.41. The summed E-state index contributed by atoms with van der Waals surface area (Å²) >= 11 is 0. The average molecular weight is 288 g/mol. The van der Waals surface area contributed by atoms with E-state index in [4.69, 9.17) is 4.74 Å². The summed E-state index contributed by atoms with van der Waals surface area (Å²) in [6.45, 7) is 0.536. The van der Waals surface area contributed by atoms with Crippen LogP contribution in [0.2, 0.25) is 0 Å². The van der Waals surface area contributed by atoms with E-state index in [9.17, 15) is 13.2 Å². The number of ether oxygens (including phenoxy) is 1. The Bertz CT molecular complexity index is 437. The molecule has 0 amide bonds. The molecule has 1 aliphatic rings. The Labute approximate surface area is 116 Å². The van der Waals surface area contributed by atoms with Crippen LogP contribution in [0.25, 0.3) is 0 Å². The van der Waals surface area contributed by atoms with Crippen LogP contribution in [0, 0.1) is 5.92 Å². The quantitative estimate of drug-likeness (QED) is 0.923. The highest BCUT2D eigenvalue weighted by Crippen LogP contribution is 2.37. The van der Waals surface area contributed by atoms with Crippen molar-refractivity contribution in [2.75, 3.05) is 7.11 Å². The molecule has 1 N–H and O–H groups in total. The van der Waals surface area contributed by atoms with Crippen molar-refractivity contribution >= 4 is 0 Å². The number of methoxy groups -OCH3 is 1. The lowest BCUT2D eigenvalue weighted by atomic mass is 9.85. The molecule has 1 heterocycles. The molecule has 0 spiro atoms. The van der Waals surface area contributed by atoms with E-state index in [2.05, 4.69) is 10.3 Å². The Kier molecular flexibility index (Phi) is 4.86. The van der Waals surface area contributed by atoms with Crippen molar-refractivity contribution in [2.45, 2.75) is 44.4 Å². The molecule has 1 aliphatic carbocycles. The topological polar surface area (TPSA) is 34.1 Å². The molecule has 6 heteroatoms. The summed E-state index contributed by atoms with van der Waals surface area (Å²) in [6.07, 6.45) is -0.581. The Morgan fingerprint density at radius 3 is 2.90 bits per heavy atom. The monoisotopic (exact) mass is 288 g/mol. The minimum absolute atomic E-state index is 0.0745.